The van der Waals surface area contributed by atoms with E-state index < -0.39 is 4.92 Å². The van der Waals surface area contributed by atoms with E-state index in [0.29, 0.717) is 24.8 Å². The zero-order chi connectivity index (χ0) is 14.7. The van der Waals surface area contributed by atoms with E-state index in [4.69, 9.17) is 16.3 Å². The summed E-state index contributed by atoms with van der Waals surface area (Å²) in [5.74, 6) is 0.602. The lowest BCUT2D eigenvalue weighted by atomic mass is 10.1. The highest BCUT2D eigenvalue weighted by Gasteiger charge is 2.34. The van der Waals surface area contributed by atoms with Gasteiger partial charge in [-0.05, 0) is 37.8 Å². The molecule has 0 amide bonds. The van der Waals surface area contributed by atoms with Gasteiger partial charge >= 0.3 is 5.69 Å². The predicted molar refractivity (Wildman–Crippen MR) is 79.5 cm³/mol. The fourth-order valence-electron chi connectivity index (χ4n) is 2.48. The third-order valence-corrected chi connectivity index (χ3v) is 4.09. The summed E-state index contributed by atoms with van der Waals surface area (Å²) < 4.78 is 5.13. The number of halogens is 1. The maximum absolute atomic E-state index is 11.3. The fraction of sp³-hybridized carbons (Fsp3) is 0.571. The number of methoxy groups -OCH3 is 1. The minimum Gasteiger partial charge on any atom is -0.383 e. The van der Waals surface area contributed by atoms with Crippen molar-refractivity contribution in [3.63, 3.8) is 0 Å². The van der Waals surface area contributed by atoms with Gasteiger partial charge in [0, 0.05) is 19.7 Å². The van der Waals surface area contributed by atoms with Gasteiger partial charge < -0.3 is 9.64 Å². The Morgan fingerprint density at radius 3 is 2.80 bits per heavy atom. The number of nitrogens with zero attached hydrogens (tertiary/aromatic N) is 2. The lowest BCUT2D eigenvalue weighted by molar-refractivity contribution is -0.384. The van der Waals surface area contributed by atoms with E-state index in [0.717, 1.165) is 0 Å². The van der Waals surface area contributed by atoms with Gasteiger partial charge in [0.25, 0.3) is 0 Å². The highest BCUT2D eigenvalue weighted by Crippen LogP contribution is 2.41. The zero-order valence-electron chi connectivity index (χ0n) is 11.7. The second-order valence-electron chi connectivity index (χ2n) is 5.13. The first kappa shape index (κ1) is 15.1. The van der Waals surface area contributed by atoms with Crippen molar-refractivity contribution in [1.82, 2.24) is 0 Å². The number of hydrogen-bond acceptors (Lipinski definition) is 4. The van der Waals surface area contributed by atoms with Crippen LogP contribution in [0.4, 0.5) is 11.4 Å². The van der Waals surface area contributed by atoms with Crippen LogP contribution in [0.25, 0.3) is 0 Å². The lowest BCUT2D eigenvalue weighted by Gasteiger charge is -2.31. The minimum absolute atomic E-state index is 0.0160. The van der Waals surface area contributed by atoms with Crippen LogP contribution in [-0.4, -0.2) is 31.2 Å². The first-order valence-electron chi connectivity index (χ1n) is 6.74. The van der Waals surface area contributed by atoms with Gasteiger partial charge in [0.15, 0.2) is 0 Å². The van der Waals surface area contributed by atoms with E-state index in [1.165, 1.54) is 12.8 Å². The van der Waals surface area contributed by atoms with E-state index in [1.54, 1.807) is 25.3 Å². The summed E-state index contributed by atoms with van der Waals surface area (Å²) in [5.41, 5.74) is 0.566. The number of ether oxygens (including phenoxy) is 1. The number of anilines is 1. The number of nitro benzene ring substituents is 1. The highest BCUT2D eigenvalue weighted by molar-refractivity contribution is 6.33. The SMILES string of the molecule is COCCN(c1cccc(Cl)c1[N+](=O)[O-])C(C)C1CC1. The van der Waals surface area contributed by atoms with Crippen molar-refractivity contribution >= 4 is 23.0 Å². The van der Waals surface area contributed by atoms with Gasteiger partial charge in [0.2, 0.25) is 0 Å². The molecule has 1 aromatic carbocycles. The van der Waals surface area contributed by atoms with E-state index in [-0.39, 0.29) is 16.8 Å². The van der Waals surface area contributed by atoms with E-state index in [1.807, 2.05) is 4.90 Å². The van der Waals surface area contributed by atoms with Crippen molar-refractivity contribution in [2.75, 3.05) is 25.2 Å². The average molecular weight is 299 g/mol. The molecular weight excluding hydrogens is 280 g/mol. The third kappa shape index (κ3) is 3.22. The number of rotatable bonds is 7. The van der Waals surface area contributed by atoms with E-state index in [9.17, 15) is 10.1 Å². The quantitative estimate of drug-likeness (QED) is 0.571. The van der Waals surface area contributed by atoms with Crippen LogP contribution in [0.2, 0.25) is 5.02 Å². The third-order valence-electron chi connectivity index (χ3n) is 3.79. The molecule has 0 radical (unpaired) electrons. The van der Waals surface area contributed by atoms with Crippen molar-refractivity contribution in [3.8, 4) is 0 Å². The molecule has 110 valence electrons. The predicted octanol–water partition coefficient (Wildman–Crippen LogP) is 3.50. The molecule has 2 rings (SSSR count). The molecule has 0 saturated heterocycles. The highest BCUT2D eigenvalue weighted by atomic mass is 35.5. The second-order valence-corrected chi connectivity index (χ2v) is 5.54. The van der Waals surface area contributed by atoms with Crippen LogP contribution in [0.1, 0.15) is 19.8 Å². The molecule has 0 spiro atoms. The molecule has 0 heterocycles. The first-order valence-corrected chi connectivity index (χ1v) is 7.12. The molecule has 0 aromatic heterocycles. The van der Waals surface area contributed by atoms with Crippen molar-refractivity contribution in [2.24, 2.45) is 5.92 Å². The van der Waals surface area contributed by atoms with Crippen LogP contribution in [0.3, 0.4) is 0 Å². The Balaban J connectivity index is 2.36. The number of benzene rings is 1. The Kier molecular flexibility index (Phi) is 4.83. The minimum atomic E-state index is -0.406. The van der Waals surface area contributed by atoms with Crippen LogP contribution >= 0.6 is 11.6 Å². The molecule has 1 atom stereocenters. The lowest BCUT2D eigenvalue weighted by Crippen LogP contribution is -2.37. The normalized spacial score (nSPS) is 15.9. The Hall–Kier alpha value is -1.33. The van der Waals surface area contributed by atoms with Crippen molar-refractivity contribution in [2.45, 2.75) is 25.8 Å². The molecule has 5 nitrogen and oxygen atoms in total. The standard InChI is InChI=1S/C14H19ClN2O3/c1-10(11-6-7-11)16(8-9-20-2)13-5-3-4-12(15)14(13)17(18)19/h3-5,10-11H,6-9H2,1-2H3. The largest absolute Gasteiger partial charge is 0.383 e. The number of nitro groups is 1. The molecule has 1 saturated carbocycles. The summed E-state index contributed by atoms with van der Waals surface area (Å²) in [7, 11) is 1.63. The Morgan fingerprint density at radius 1 is 1.55 bits per heavy atom. The molecule has 0 N–H and O–H groups in total. The molecule has 1 aliphatic carbocycles. The molecule has 1 aliphatic rings. The monoisotopic (exact) mass is 298 g/mol. The van der Waals surface area contributed by atoms with E-state index >= 15 is 0 Å². The molecular formula is C14H19ClN2O3. The Morgan fingerprint density at radius 2 is 2.25 bits per heavy atom. The van der Waals surface area contributed by atoms with Gasteiger partial charge in [-0.2, -0.15) is 0 Å². The van der Waals surface area contributed by atoms with Crippen LogP contribution in [0, 0.1) is 16.0 Å². The molecule has 1 unspecified atom stereocenters. The maximum Gasteiger partial charge on any atom is 0.310 e. The molecule has 0 aliphatic heterocycles. The Bertz CT molecular complexity index is 491. The Labute approximate surface area is 123 Å². The molecule has 1 fully saturated rings. The van der Waals surface area contributed by atoms with Crippen molar-refractivity contribution in [1.29, 1.82) is 0 Å². The zero-order valence-corrected chi connectivity index (χ0v) is 12.5. The van der Waals surface area contributed by atoms with Crippen LogP contribution < -0.4 is 4.90 Å². The molecule has 0 bridgehead atoms. The van der Waals surface area contributed by atoms with Gasteiger partial charge in [-0.1, -0.05) is 17.7 Å². The maximum atomic E-state index is 11.3. The summed E-state index contributed by atoms with van der Waals surface area (Å²) in [6, 6.07) is 5.32. The van der Waals surface area contributed by atoms with Gasteiger partial charge in [0.1, 0.15) is 10.7 Å². The van der Waals surface area contributed by atoms with Gasteiger partial charge in [-0.3, -0.25) is 10.1 Å². The number of hydrogen-bond donors (Lipinski definition) is 0. The topological polar surface area (TPSA) is 55.6 Å². The summed E-state index contributed by atoms with van der Waals surface area (Å²) in [5, 5.41) is 11.5. The van der Waals surface area contributed by atoms with Crippen LogP contribution in [0.15, 0.2) is 18.2 Å². The smallest absolute Gasteiger partial charge is 0.310 e. The summed E-state index contributed by atoms with van der Waals surface area (Å²) in [6.45, 7) is 3.26. The summed E-state index contributed by atoms with van der Waals surface area (Å²) in [4.78, 5) is 12.9. The average Bonchev–Trinajstić information content (AvgIpc) is 3.22. The van der Waals surface area contributed by atoms with Crippen molar-refractivity contribution < 1.29 is 9.66 Å². The molecule has 1 aromatic rings. The van der Waals surface area contributed by atoms with Gasteiger partial charge in [-0.25, -0.2) is 0 Å². The van der Waals surface area contributed by atoms with Crippen LogP contribution in [0.5, 0.6) is 0 Å². The summed E-state index contributed by atoms with van der Waals surface area (Å²) >= 11 is 6.00. The van der Waals surface area contributed by atoms with Gasteiger partial charge in [0.05, 0.1) is 11.5 Å². The first-order chi connectivity index (χ1) is 9.56. The molecule has 6 heteroatoms. The fourth-order valence-corrected chi connectivity index (χ4v) is 2.72. The second kappa shape index (κ2) is 6.41. The molecule has 20 heavy (non-hydrogen) atoms. The number of para-hydroxylation sites is 1. The van der Waals surface area contributed by atoms with E-state index in [2.05, 4.69) is 6.92 Å². The van der Waals surface area contributed by atoms with Crippen molar-refractivity contribution in [3.05, 3.63) is 33.3 Å². The summed E-state index contributed by atoms with van der Waals surface area (Å²) in [6.07, 6.45) is 2.36. The van der Waals surface area contributed by atoms with Crippen LogP contribution in [-0.2, 0) is 4.74 Å². The van der Waals surface area contributed by atoms with Gasteiger partial charge in [-0.15, -0.1) is 0 Å².